The second-order valence-electron chi connectivity index (χ2n) is 5.07. The standard InChI is InChI=1S/C17H16ClN3OS/c18-15-7-6-14(23-15)17(22)20-9-8-16-19-10-11-21(16)12-13-4-2-1-3-5-13/h1-7,10-11H,8-9,12H2,(H,20,22). The molecule has 0 saturated carbocycles. The van der Waals surface area contributed by atoms with Crippen LogP contribution in [0.5, 0.6) is 0 Å². The molecule has 1 aromatic carbocycles. The molecule has 0 aliphatic heterocycles. The number of rotatable bonds is 6. The molecule has 0 radical (unpaired) electrons. The highest BCUT2D eigenvalue weighted by atomic mass is 35.5. The second kappa shape index (κ2) is 7.44. The Morgan fingerprint density at radius 2 is 2.04 bits per heavy atom. The van der Waals surface area contributed by atoms with Crippen molar-refractivity contribution in [3.63, 3.8) is 0 Å². The number of benzene rings is 1. The summed E-state index contributed by atoms with van der Waals surface area (Å²) < 4.78 is 2.72. The first-order valence-electron chi connectivity index (χ1n) is 7.30. The normalized spacial score (nSPS) is 10.7. The number of thiophene rings is 1. The van der Waals surface area contributed by atoms with Gasteiger partial charge in [-0.15, -0.1) is 11.3 Å². The lowest BCUT2D eigenvalue weighted by molar-refractivity contribution is 0.0958. The minimum absolute atomic E-state index is 0.0944. The molecule has 1 amide bonds. The van der Waals surface area contributed by atoms with Crippen LogP contribution in [0.1, 0.15) is 21.1 Å². The molecule has 0 spiro atoms. The lowest BCUT2D eigenvalue weighted by atomic mass is 10.2. The zero-order chi connectivity index (χ0) is 16.1. The molecule has 4 nitrogen and oxygen atoms in total. The molecular formula is C17H16ClN3OS. The molecule has 2 heterocycles. The Morgan fingerprint density at radius 3 is 2.78 bits per heavy atom. The fraction of sp³-hybridized carbons (Fsp3) is 0.176. The van der Waals surface area contributed by atoms with Gasteiger partial charge in [-0.2, -0.15) is 0 Å². The number of hydrogen-bond donors (Lipinski definition) is 1. The van der Waals surface area contributed by atoms with Crippen LogP contribution in [0.4, 0.5) is 0 Å². The van der Waals surface area contributed by atoms with Gasteiger partial charge in [0.05, 0.1) is 9.21 Å². The van der Waals surface area contributed by atoms with Crippen molar-refractivity contribution in [2.45, 2.75) is 13.0 Å². The van der Waals surface area contributed by atoms with Crippen molar-refractivity contribution >= 4 is 28.8 Å². The van der Waals surface area contributed by atoms with E-state index >= 15 is 0 Å². The molecule has 1 N–H and O–H groups in total. The summed E-state index contributed by atoms with van der Waals surface area (Å²) in [6.45, 7) is 1.32. The first-order chi connectivity index (χ1) is 11.2. The van der Waals surface area contributed by atoms with Gasteiger partial charge in [-0.05, 0) is 17.7 Å². The van der Waals surface area contributed by atoms with Crippen LogP contribution < -0.4 is 5.32 Å². The first kappa shape index (κ1) is 15.8. The van der Waals surface area contributed by atoms with Gasteiger partial charge in [0, 0.05) is 31.9 Å². The molecule has 3 rings (SSSR count). The van der Waals surface area contributed by atoms with Gasteiger partial charge >= 0.3 is 0 Å². The van der Waals surface area contributed by atoms with Crippen molar-refractivity contribution < 1.29 is 4.79 Å². The van der Waals surface area contributed by atoms with Crippen LogP contribution in [-0.4, -0.2) is 22.0 Å². The first-order valence-corrected chi connectivity index (χ1v) is 8.49. The fourth-order valence-electron chi connectivity index (χ4n) is 2.30. The Morgan fingerprint density at radius 1 is 1.22 bits per heavy atom. The van der Waals surface area contributed by atoms with Crippen molar-refractivity contribution in [3.8, 4) is 0 Å². The van der Waals surface area contributed by atoms with Gasteiger partial charge in [-0.25, -0.2) is 4.98 Å². The Bertz CT molecular complexity index is 782. The second-order valence-corrected chi connectivity index (χ2v) is 6.78. The Balaban J connectivity index is 1.55. The van der Waals surface area contributed by atoms with E-state index in [2.05, 4.69) is 27.0 Å². The predicted octanol–water partition coefficient (Wildman–Crippen LogP) is 3.62. The predicted molar refractivity (Wildman–Crippen MR) is 93.1 cm³/mol. The zero-order valence-electron chi connectivity index (χ0n) is 12.4. The van der Waals surface area contributed by atoms with Crippen LogP contribution in [0.25, 0.3) is 0 Å². The summed E-state index contributed by atoms with van der Waals surface area (Å²) in [5.74, 6) is 0.862. The zero-order valence-corrected chi connectivity index (χ0v) is 14.0. The molecule has 6 heteroatoms. The number of amides is 1. The monoisotopic (exact) mass is 345 g/mol. The average Bonchev–Trinajstić information content (AvgIpc) is 3.18. The van der Waals surface area contributed by atoms with E-state index in [1.165, 1.54) is 16.9 Å². The van der Waals surface area contributed by atoms with Gasteiger partial charge < -0.3 is 9.88 Å². The number of hydrogen-bond acceptors (Lipinski definition) is 3. The van der Waals surface area contributed by atoms with Gasteiger partial charge in [-0.1, -0.05) is 41.9 Å². The van der Waals surface area contributed by atoms with Crippen molar-refractivity contribution in [1.29, 1.82) is 0 Å². The maximum atomic E-state index is 12.0. The van der Waals surface area contributed by atoms with E-state index in [1.807, 2.05) is 24.4 Å². The molecule has 0 aliphatic rings. The van der Waals surface area contributed by atoms with E-state index < -0.39 is 0 Å². The summed E-state index contributed by atoms with van der Waals surface area (Å²) >= 11 is 7.12. The largest absolute Gasteiger partial charge is 0.351 e. The highest BCUT2D eigenvalue weighted by Crippen LogP contribution is 2.21. The number of aromatic nitrogens is 2. The summed E-state index contributed by atoms with van der Waals surface area (Å²) in [6, 6.07) is 13.7. The van der Waals surface area contributed by atoms with E-state index in [9.17, 15) is 4.79 Å². The summed E-state index contributed by atoms with van der Waals surface area (Å²) in [6.07, 6.45) is 4.44. The van der Waals surface area contributed by atoms with Crippen LogP contribution in [0.2, 0.25) is 4.34 Å². The molecule has 0 bridgehead atoms. The number of nitrogens with one attached hydrogen (secondary N) is 1. The smallest absolute Gasteiger partial charge is 0.261 e. The third-order valence-electron chi connectivity index (χ3n) is 3.43. The van der Waals surface area contributed by atoms with Crippen molar-refractivity contribution in [1.82, 2.24) is 14.9 Å². The van der Waals surface area contributed by atoms with Gasteiger partial charge in [0.1, 0.15) is 5.82 Å². The number of imidazole rings is 1. The van der Waals surface area contributed by atoms with Crippen LogP contribution in [0.3, 0.4) is 0 Å². The van der Waals surface area contributed by atoms with Crippen molar-refractivity contribution in [3.05, 3.63) is 75.5 Å². The Kier molecular flexibility index (Phi) is 5.10. The molecule has 3 aromatic rings. The van der Waals surface area contributed by atoms with Crippen molar-refractivity contribution in [2.75, 3.05) is 6.54 Å². The van der Waals surface area contributed by atoms with Gasteiger partial charge in [0.2, 0.25) is 0 Å². The topological polar surface area (TPSA) is 46.9 Å². The fourth-order valence-corrected chi connectivity index (χ4v) is 3.26. The number of halogens is 1. The van der Waals surface area contributed by atoms with Crippen molar-refractivity contribution in [2.24, 2.45) is 0 Å². The van der Waals surface area contributed by atoms with E-state index in [0.717, 1.165) is 12.4 Å². The van der Waals surface area contributed by atoms with Gasteiger partial charge in [0.15, 0.2) is 0 Å². The SMILES string of the molecule is O=C(NCCc1nccn1Cc1ccccc1)c1ccc(Cl)s1. The maximum Gasteiger partial charge on any atom is 0.261 e. The highest BCUT2D eigenvalue weighted by Gasteiger charge is 2.09. The van der Waals surface area contributed by atoms with Crippen LogP contribution >= 0.6 is 22.9 Å². The third kappa shape index (κ3) is 4.21. The molecule has 0 saturated heterocycles. The summed E-state index contributed by atoms with van der Waals surface area (Å²) in [5.41, 5.74) is 1.23. The third-order valence-corrected chi connectivity index (χ3v) is 4.66. The van der Waals surface area contributed by atoms with Crippen LogP contribution in [0.15, 0.2) is 54.9 Å². The van der Waals surface area contributed by atoms with Gasteiger partial charge in [0.25, 0.3) is 5.91 Å². The minimum Gasteiger partial charge on any atom is -0.351 e. The Labute approximate surface area is 143 Å². The minimum atomic E-state index is -0.0944. The number of carbonyl (C=O) groups is 1. The quantitative estimate of drug-likeness (QED) is 0.741. The molecular weight excluding hydrogens is 330 g/mol. The number of nitrogens with zero attached hydrogens (tertiary/aromatic N) is 2. The van der Waals surface area contributed by atoms with Gasteiger partial charge in [-0.3, -0.25) is 4.79 Å². The number of carbonyl (C=O) groups excluding carboxylic acids is 1. The average molecular weight is 346 g/mol. The molecule has 0 unspecified atom stereocenters. The van der Waals surface area contributed by atoms with E-state index in [1.54, 1.807) is 18.3 Å². The lowest BCUT2D eigenvalue weighted by Crippen LogP contribution is -2.25. The highest BCUT2D eigenvalue weighted by molar-refractivity contribution is 7.17. The molecule has 0 fully saturated rings. The molecule has 0 atom stereocenters. The van der Waals surface area contributed by atoms with Crippen LogP contribution in [0, 0.1) is 0 Å². The summed E-state index contributed by atoms with van der Waals surface area (Å²) in [7, 11) is 0. The van der Waals surface area contributed by atoms with Crippen LogP contribution in [-0.2, 0) is 13.0 Å². The lowest BCUT2D eigenvalue weighted by Gasteiger charge is -2.08. The molecule has 118 valence electrons. The molecule has 23 heavy (non-hydrogen) atoms. The molecule has 0 aliphatic carbocycles. The maximum absolute atomic E-state index is 12.0. The summed E-state index contributed by atoms with van der Waals surface area (Å²) in [5, 5.41) is 2.90. The Hall–Kier alpha value is -2.11. The molecule has 2 aromatic heterocycles. The summed E-state index contributed by atoms with van der Waals surface area (Å²) in [4.78, 5) is 17.0. The van der Waals surface area contributed by atoms with E-state index in [-0.39, 0.29) is 5.91 Å². The van der Waals surface area contributed by atoms with E-state index in [0.29, 0.717) is 22.2 Å². The van der Waals surface area contributed by atoms with E-state index in [4.69, 9.17) is 11.6 Å².